The Morgan fingerprint density at radius 2 is 1.63 bits per heavy atom. The Bertz CT molecular complexity index is 1350. The van der Waals surface area contributed by atoms with Gasteiger partial charge in [0.1, 0.15) is 11.5 Å². The molecule has 178 valence electrons. The standard InChI is InChI=1S/C28H28N4O2S/c1-18-16-24(19(2)31(18)21-8-7-9-23(17-21)34-4)27-26(25-10-5-6-15-29-25)30-28(35)32(27)20-11-13-22(33-3)14-12-20/h5-17,26-27H,1-4H3,(H,30,35)/t26-,27-/m1/s1. The largest absolute Gasteiger partial charge is 0.497 e. The number of nitrogens with one attached hydrogen (secondary N) is 1. The fourth-order valence-corrected chi connectivity index (χ4v) is 5.27. The van der Waals surface area contributed by atoms with E-state index in [4.69, 9.17) is 21.7 Å². The van der Waals surface area contributed by atoms with Gasteiger partial charge in [-0.15, -0.1) is 0 Å². The van der Waals surface area contributed by atoms with Crippen molar-refractivity contribution in [3.63, 3.8) is 0 Å². The van der Waals surface area contributed by atoms with Gasteiger partial charge in [0, 0.05) is 35.0 Å². The first-order chi connectivity index (χ1) is 17.0. The number of pyridine rings is 1. The van der Waals surface area contributed by atoms with Crippen LogP contribution in [-0.4, -0.2) is 28.9 Å². The number of hydrogen-bond acceptors (Lipinski definition) is 4. The lowest BCUT2D eigenvalue weighted by Gasteiger charge is -2.28. The topological polar surface area (TPSA) is 51.5 Å². The van der Waals surface area contributed by atoms with Gasteiger partial charge in [0.15, 0.2) is 5.11 Å². The van der Waals surface area contributed by atoms with Gasteiger partial charge >= 0.3 is 0 Å². The van der Waals surface area contributed by atoms with Gasteiger partial charge < -0.3 is 24.3 Å². The molecular formula is C28H28N4O2S. The number of aromatic nitrogens is 2. The Kier molecular flexibility index (Phi) is 6.17. The minimum absolute atomic E-state index is 0.0867. The third-order valence-corrected chi connectivity index (χ3v) is 6.86. The van der Waals surface area contributed by atoms with Gasteiger partial charge in [0.05, 0.1) is 32.0 Å². The predicted molar refractivity (Wildman–Crippen MR) is 143 cm³/mol. The summed E-state index contributed by atoms with van der Waals surface area (Å²) in [5, 5.41) is 4.21. The fourth-order valence-electron chi connectivity index (χ4n) is 4.93. The third kappa shape index (κ3) is 4.12. The number of anilines is 1. The molecule has 6 nitrogen and oxygen atoms in total. The van der Waals surface area contributed by atoms with Crippen LogP contribution >= 0.6 is 12.2 Å². The summed E-state index contributed by atoms with van der Waals surface area (Å²) in [5.74, 6) is 1.63. The second kappa shape index (κ2) is 9.43. The number of hydrogen-bond donors (Lipinski definition) is 1. The highest BCUT2D eigenvalue weighted by atomic mass is 32.1. The number of aryl methyl sites for hydroxylation is 1. The van der Waals surface area contributed by atoms with E-state index in [0.29, 0.717) is 5.11 Å². The van der Waals surface area contributed by atoms with Gasteiger partial charge in [0.25, 0.3) is 0 Å². The molecule has 5 rings (SSSR count). The van der Waals surface area contributed by atoms with E-state index in [1.165, 1.54) is 5.56 Å². The molecule has 0 aliphatic carbocycles. The number of ether oxygens (including phenoxy) is 2. The summed E-state index contributed by atoms with van der Waals surface area (Å²) in [5.41, 5.74) is 6.47. The Balaban J connectivity index is 1.66. The van der Waals surface area contributed by atoms with E-state index in [0.717, 1.165) is 40.0 Å². The quantitative estimate of drug-likeness (QED) is 0.355. The van der Waals surface area contributed by atoms with Crippen LogP contribution in [0.25, 0.3) is 5.69 Å². The van der Waals surface area contributed by atoms with Crippen LogP contribution in [0.3, 0.4) is 0 Å². The molecule has 0 amide bonds. The van der Waals surface area contributed by atoms with Crippen LogP contribution in [0.1, 0.15) is 34.7 Å². The minimum Gasteiger partial charge on any atom is -0.497 e. The van der Waals surface area contributed by atoms with Crippen LogP contribution in [0.15, 0.2) is 79.0 Å². The fraction of sp³-hybridized carbons (Fsp3) is 0.214. The van der Waals surface area contributed by atoms with Gasteiger partial charge in [-0.1, -0.05) is 12.1 Å². The molecule has 1 aliphatic heterocycles. The van der Waals surface area contributed by atoms with Gasteiger partial charge in [-0.2, -0.15) is 0 Å². The first-order valence-electron chi connectivity index (χ1n) is 11.5. The highest BCUT2D eigenvalue weighted by molar-refractivity contribution is 7.80. The van der Waals surface area contributed by atoms with E-state index in [1.54, 1.807) is 14.2 Å². The number of rotatable bonds is 6. The molecule has 0 spiro atoms. The van der Waals surface area contributed by atoms with Crippen LogP contribution in [-0.2, 0) is 0 Å². The Hall–Kier alpha value is -3.84. The molecule has 1 N–H and O–H groups in total. The van der Waals surface area contributed by atoms with E-state index in [9.17, 15) is 0 Å². The Morgan fingerprint density at radius 1 is 0.857 bits per heavy atom. The van der Waals surface area contributed by atoms with Gasteiger partial charge in [-0.3, -0.25) is 4.98 Å². The third-order valence-electron chi connectivity index (χ3n) is 6.55. The van der Waals surface area contributed by atoms with E-state index < -0.39 is 0 Å². The summed E-state index contributed by atoms with van der Waals surface area (Å²) in [6.45, 7) is 4.29. The monoisotopic (exact) mass is 484 g/mol. The highest BCUT2D eigenvalue weighted by Gasteiger charge is 2.42. The Morgan fingerprint density at radius 3 is 2.31 bits per heavy atom. The maximum absolute atomic E-state index is 5.88. The molecule has 1 aliphatic rings. The van der Waals surface area contributed by atoms with Crippen molar-refractivity contribution in [3.8, 4) is 17.2 Å². The summed E-state index contributed by atoms with van der Waals surface area (Å²) in [6, 6.07) is 24.2. The Labute approximate surface area is 211 Å². The molecule has 4 aromatic rings. The predicted octanol–water partition coefficient (Wildman–Crippen LogP) is 5.68. The second-order valence-electron chi connectivity index (χ2n) is 8.56. The number of thiocarbonyl (C=S) groups is 1. The lowest BCUT2D eigenvalue weighted by molar-refractivity contribution is 0.414. The molecule has 0 bridgehead atoms. The van der Waals surface area contributed by atoms with Gasteiger partial charge in [-0.05, 0) is 86.2 Å². The molecule has 2 aromatic heterocycles. The number of methoxy groups -OCH3 is 2. The van der Waals surface area contributed by atoms with Gasteiger partial charge in [-0.25, -0.2) is 0 Å². The molecule has 2 aromatic carbocycles. The summed E-state index contributed by atoms with van der Waals surface area (Å²) in [7, 11) is 3.36. The maximum atomic E-state index is 5.88. The summed E-state index contributed by atoms with van der Waals surface area (Å²) >= 11 is 5.88. The lowest BCUT2D eigenvalue weighted by Crippen LogP contribution is -2.29. The van der Waals surface area contributed by atoms with Crippen LogP contribution in [0.4, 0.5) is 5.69 Å². The molecular weight excluding hydrogens is 456 g/mol. The van der Waals surface area contributed by atoms with E-state index in [-0.39, 0.29) is 12.1 Å². The van der Waals surface area contributed by atoms with Gasteiger partial charge in [0.2, 0.25) is 0 Å². The molecule has 1 fully saturated rings. The SMILES string of the molecule is COc1ccc(N2C(=S)N[C@H](c3ccccn3)[C@H]2c2cc(C)n(-c3cccc(OC)c3)c2C)cc1. The van der Waals surface area contributed by atoms with Crippen molar-refractivity contribution in [2.45, 2.75) is 25.9 Å². The van der Waals surface area contributed by atoms with Crippen LogP contribution in [0.2, 0.25) is 0 Å². The van der Waals surface area contributed by atoms with Crippen molar-refractivity contribution >= 4 is 23.0 Å². The van der Waals surface area contributed by atoms with Crippen LogP contribution < -0.4 is 19.7 Å². The van der Waals surface area contributed by atoms with Crippen molar-refractivity contribution in [3.05, 3.63) is 102 Å². The number of nitrogens with zero attached hydrogens (tertiary/aromatic N) is 3. The molecule has 1 saturated heterocycles. The maximum Gasteiger partial charge on any atom is 0.174 e. The van der Waals surface area contributed by atoms with Crippen LogP contribution in [0, 0.1) is 13.8 Å². The lowest BCUT2D eigenvalue weighted by atomic mass is 9.96. The summed E-state index contributed by atoms with van der Waals surface area (Å²) < 4.78 is 13.1. The minimum atomic E-state index is -0.106. The normalized spacial score (nSPS) is 17.4. The average molecular weight is 485 g/mol. The zero-order valence-corrected chi connectivity index (χ0v) is 21.0. The first-order valence-corrected chi connectivity index (χ1v) is 11.9. The molecule has 0 unspecified atom stereocenters. The zero-order chi connectivity index (χ0) is 24.5. The zero-order valence-electron chi connectivity index (χ0n) is 20.2. The van der Waals surface area contributed by atoms with E-state index in [1.807, 2.05) is 60.8 Å². The summed E-state index contributed by atoms with van der Waals surface area (Å²) in [4.78, 5) is 6.86. The smallest absolute Gasteiger partial charge is 0.174 e. The van der Waals surface area contributed by atoms with Crippen molar-refractivity contribution in [1.29, 1.82) is 0 Å². The van der Waals surface area contributed by atoms with E-state index >= 15 is 0 Å². The molecule has 0 saturated carbocycles. The van der Waals surface area contributed by atoms with E-state index in [2.05, 4.69) is 51.8 Å². The van der Waals surface area contributed by atoms with Crippen LogP contribution in [0.5, 0.6) is 11.5 Å². The molecule has 3 heterocycles. The van der Waals surface area contributed by atoms with Crippen molar-refractivity contribution in [2.24, 2.45) is 0 Å². The molecule has 2 atom stereocenters. The molecule has 0 radical (unpaired) electrons. The van der Waals surface area contributed by atoms with Crippen molar-refractivity contribution < 1.29 is 9.47 Å². The number of benzene rings is 2. The summed E-state index contributed by atoms with van der Waals surface area (Å²) in [6.07, 6.45) is 1.83. The first kappa shape index (κ1) is 22.9. The second-order valence-corrected chi connectivity index (χ2v) is 8.94. The highest BCUT2D eigenvalue weighted by Crippen LogP contribution is 2.44. The molecule has 7 heteroatoms. The molecule has 35 heavy (non-hydrogen) atoms. The average Bonchev–Trinajstić information content (AvgIpc) is 3.39. The van der Waals surface area contributed by atoms with Crippen molar-refractivity contribution in [2.75, 3.05) is 19.1 Å². The van der Waals surface area contributed by atoms with Crippen molar-refractivity contribution in [1.82, 2.24) is 14.9 Å².